The Morgan fingerprint density at radius 3 is 2.71 bits per heavy atom. The molecule has 3 amide bonds. The van der Waals surface area contributed by atoms with Gasteiger partial charge in [-0.1, -0.05) is 25.5 Å². The number of benzene rings is 1. The largest absolute Gasteiger partial charge is 0.356 e. The Morgan fingerprint density at radius 1 is 1.25 bits per heavy atom. The minimum absolute atomic E-state index is 0.0653. The van der Waals surface area contributed by atoms with Crippen LogP contribution >= 0.6 is 0 Å². The van der Waals surface area contributed by atoms with Crippen molar-refractivity contribution in [1.82, 2.24) is 15.5 Å². The van der Waals surface area contributed by atoms with Crippen molar-refractivity contribution in [1.29, 1.82) is 0 Å². The number of unbranched alkanes of at least 4 members (excludes halogenated alkanes) is 1. The minimum atomic E-state index is -0.355. The summed E-state index contributed by atoms with van der Waals surface area (Å²) in [7, 11) is 0. The Kier molecular flexibility index (Phi) is 6.58. The molecule has 1 aromatic carbocycles. The third-order valence-electron chi connectivity index (χ3n) is 4.38. The summed E-state index contributed by atoms with van der Waals surface area (Å²) in [5.41, 5.74) is 0.762. The molecule has 1 heterocycles. The second-order valence-electron chi connectivity index (χ2n) is 6.15. The predicted octanol–water partition coefficient (Wildman–Crippen LogP) is 2.49. The van der Waals surface area contributed by atoms with Crippen LogP contribution in [0.5, 0.6) is 0 Å². The number of urea groups is 1. The van der Waals surface area contributed by atoms with Gasteiger partial charge < -0.3 is 15.5 Å². The molecule has 132 valence electrons. The summed E-state index contributed by atoms with van der Waals surface area (Å²) in [5, 5.41) is 5.70. The van der Waals surface area contributed by atoms with E-state index in [9.17, 15) is 14.0 Å². The molecule has 6 heteroatoms. The number of hydrogen-bond acceptors (Lipinski definition) is 2. The van der Waals surface area contributed by atoms with Crippen LogP contribution in [-0.2, 0) is 4.79 Å². The molecule has 0 unspecified atom stereocenters. The number of amides is 3. The van der Waals surface area contributed by atoms with E-state index in [4.69, 9.17) is 0 Å². The molecule has 0 bridgehead atoms. The van der Waals surface area contributed by atoms with Gasteiger partial charge >= 0.3 is 6.03 Å². The summed E-state index contributed by atoms with van der Waals surface area (Å²) in [4.78, 5) is 26.3. The maximum atomic E-state index is 13.6. The molecule has 24 heavy (non-hydrogen) atoms. The molecule has 0 spiro atoms. The lowest BCUT2D eigenvalue weighted by Crippen LogP contribution is -2.40. The van der Waals surface area contributed by atoms with Crippen molar-refractivity contribution < 1.29 is 14.0 Å². The Balaban J connectivity index is 2.16. The second-order valence-corrected chi connectivity index (χ2v) is 6.15. The second kappa shape index (κ2) is 8.66. The van der Waals surface area contributed by atoms with Gasteiger partial charge in [0.25, 0.3) is 0 Å². The highest BCUT2D eigenvalue weighted by molar-refractivity contribution is 5.82. The van der Waals surface area contributed by atoms with Crippen LogP contribution in [0.15, 0.2) is 24.3 Å². The number of hydrogen-bond donors (Lipinski definition) is 2. The predicted molar refractivity (Wildman–Crippen MR) is 91.2 cm³/mol. The number of halogens is 1. The molecule has 2 rings (SSSR count). The van der Waals surface area contributed by atoms with E-state index in [1.165, 1.54) is 12.1 Å². The molecule has 0 radical (unpaired) electrons. The van der Waals surface area contributed by atoms with E-state index < -0.39 is 0 Å². The van der Waals surface area contributed by atoms with Crippen LogP contribution in [0.4, 0.5) is 9.18 Å². The van der Waals surface area contributed by atoms with Crippen LogP contribution in [-0.4, -0.2) is 43.0 Å². The van der Waals surface area contributed by atoms with Crippen LogP contribution in [0.2, 0.25) is 0 Å². The van der Waals surface area contributed by atoms with Crippen LogP contribution in [0.25, 0.3) is 0 Å². The summed E-state index contributed by atoms with van der Waals surface area (Å²) in [6, 6.07) is 6.13. The van der Waals surface area contributed by atoms with Crippen molar-refractivity contribution >= 4 is 11.9 Å². The van der Waals surface area contributed by atoms with E-state index >= 15 is 0 Å². The molecule has 0 saturated carbocycles. The fourth-order valence-corrected chi connectivity index (χ4v) is 3.09. The van der Waals surface area contributed by atoms with Crippen LogP contribution < -0.4 is 10.6 Å². The number of carbonyl (C=O) groups excluding carboxylic acids is 2. The van der Waals surface area contributed by atoms with Gasteiger partial charge in [-0.3, -0.25) is 4.79 Å². The van der Waals surface area contributed by atoms with Crippen molar-refractivity contribution in [2.45, 2.75) is 32.6 Å². The average Bonchev–Trinajstić information content (AvgIpc) is 3.01. The molecular formula is C18H26FN3O2. The lowest BCUT2D eigenvalue weighted by Gasteiger charge is -2.18. The van der Waals surface area contributed by atoms with Gasteiger partial charge in [0.15, 0.2) is 0 Å². The molecule has 1 saturated heterocycles. The van der Waals surface area contributed by atoms with Gasteiger partial charge in [-0.15, -0.1) is 0 Å². The minimum Gasteiger partial charge on any atom is -0.356 e. The van der Waals surface area contributed by atoms with Crippen LogP contribution in [0, 0.1) is 11.7 Å². The zero-order valence-corrected chi connectivity index (χ0v) is 14.3. The Morgan fingerprint density at radius 2 is 2.04 bits per heavy atom. The highest BCUT2D eigenvalue weighted by atomic mass is 19.1. The standard InChI is InChI=1S/C18H26FN3O2/c1-3-5-9-21-17(23)16-12-22(18(24)20-4-2)11-15(16)13-7-6-8-14(19)10-13/h6-8,10,15-16H,3-5,9,11-12H2,1-2H3,(H,20,24)(H,21,23)/t15-,16+/m1/s1. The Labute approximate surface area is 142 Å². The topological polar surface area (TPSA) is 61.4 Å². The molecule has 1 fully saturated rings. The van der Waals surface area contributed by atoms with E-state index in [2.05, 4.69) is 17.6 Å². The first-order valence-corrected chi connectivity index (χ1v) is 8.62. The van der Waals surface area contributed by atoms with Crippen LogP contribution in [0.3, 0.4) is 0 Å². The molecule has 0 aliphatic carbocycles. The normalized spacial score (nSPS) is 20.0. The van der Waals surface area contributed by atoms with Gasteiger partial charge in [0.1, 0.15) is 5.82 Å². The third kappa shape index (κ3) is 4.46. The highest BCUT2D eigenvalue weighted by Gasteiger charge is 2.40. The summed E-state index contributed by atoms with van der Waals surface area (Å²) in [5.74, 6) is -0.935. The van der Waals surface area contributed by atoms with Crippen molar-refractivity contribution in [2.75, 3.05) is 26.2 Å². The van der Waals surface area contributed by atoms with Crippen LogP contribution in [0.1, 0.15) is 38.2 Å². The quantitative estimate of drug-likeness (QED) is 0.785. The summed E-state index contributed by atoms with van der Waals surface area (Å²) in [6.07, 6.45) is 1.92. The van der Waals surface area contributed by atoms with Gasteiger partial charge in [0.2, 0.25) is 5.91 Å². The molecule has 5 nitrogen and oxygen atoms in total. The molecule has 2 atom stereocenters. The highest BCUT2D eigenvalue weighted by Crippen LogP contribution is 2.33. The molecule has 1 aliphatic heterocycles. The molecule has 1 aliphatic rings. The monoisotopic (exact) mass is 335 g/mol. The van der Waals surface area contributed by atoms with Gasteiger partial charge in [0.05, 0.1) is 5.92 Å². The number of nitrogens with zero attached hydrogens (tertiary/aromatic N) is 1. The lowest BCUT2D eigenvalue weighted by molar-refractivity contribution is -0.124. The molecular weight excluding hydrogens is 309 g/mol. The average molecular weight is 335 g/mol. The molecule has 0 aromatic heterocycles. The van der Waals surface area contributed by atoms with Gasteiger partial charge in [-0.2, -0.15) is 0 Å². The molecule has 2 N–H and O–H groups in total. The zero-order valence-electron chi connectivity index (χ0n) is 14.3. The number of carbonyl (C=O) groups is 2. The first-order valence-electron chi connectivity index (χ1n) is 8.62. The zero-order chi connectivity index (χ0) is 17.5. The van der Waals surface area contributed by atoms with E-state index in [1.807, 2.05) is 13.0 Å². The summed E-state index contributed by atoms with van der Waals surface area (Å²) < 4.78 is 13.6. The fourth-order valence-electron chi connectivity index (χ4n) is 3.09. The molecule has 1 aromatic rings. The van der Waals surface area contributed by atoms with Gasteiger partial charge in [0, 0.05) is 32.1 Å². The Hall–Kier alpha value is -2.11. The van der Waals surface area contributed by atoms with E-state index in [0.717, 1.165) is 18.4 Å². The maximum absolute atomic E-state index is 13.6. The van der Waals surface area contributed by atoms with E-state index in [-0.39, 0.29) is 29.6 Å². The van der Waals surface area contributed by atoms with Gasteiger partial charge in [-0.25, -0.2) is 9.18 Å². The summed E-state index contributed by atoms with van der Waals surface area (Å²) in [6.45, 7) is 5.85. The first kappa shape index (κ1) is 18.2. The van der Waals surface area contributed by atoms with Gasteiger partial charge in [-0.05, 0) is 31.0 Å². The number of rotatable bonds is 6. The number of likely N-dealkylation sites (tertiary alicyclic amines) is 1. The lowest BCUT2D eigenvalue weighted by atomic mass is 9.88. The SMILES string of the molecule is CCCCNC(=O)[C@H]1CN(C(=O)NCC)C[C@@H]1c1cccc(F)c1. The summed E-state index contributed by atoms with van der Waals surface area (Å²) >= 11 is 0. The third-order valence-corrected chi connectivity index (χ3v) is 4.38. The van der Waals surface area contributed by atoms with Crippen molar-refractivity contribution in [3.63, 3.8) is 0 Å². The fraction of sp³-hybridized carbons (Fsp3) is 0.556. The van der Waals surface area contributed by atoms with Crippen molar-refractivity contribution in [3.8, 4) is 0 Å². The van der Waals surface area contributed by atoms with Crippen molar-refractivity contribution in [3.05, 3.63) is 35.6 Å². The number of nitrogens with one attached hydrogen (secondary N) is 2. The smallest absolute Gasteiger partial charge is 0.317 e. The Bertz CT molecular complexity index is 579. The van der Waals surface area contributed by atoms with E-state index in [0.29, 0.717) is 26.2 Å². The van der Waals surface area contributed by atoms with E-state index in [1.54, 1.807) is 11.0 Å². The van der Waals surface area contributed by atoms with Crippen molar-refractivity contribution in [2.24, 2.45) is 5.92 Å². The first-order chi connectivity index (χ1) is 11.6. The maximum Gasteiger partial charge on any atom is 0.317 e.